The third-order valence-corrected chi connectivity index (χ3v) is 4.79. The molecule has 1 aliphatic heterocycles. The molecule has 21 heavy (non-hydrogen) atoms. The van der Waals surface area contributed by atoms with Crippen molar-refractivity contribution in [1.82, 2.24) is 9.97 Å². The summed E-state index contributed by atoms with van der Waals surface area (Å²) in [7, 11) is 0. The lowest BCUT2D eigenvalue weighted by Gasteiger charge is -2.39. The standard InChI is InChI=1S/C16H24ClN3O/c1-11(2)9-16(10-21)6-3-7-20(16)14-8-13(17)18-15(19-14)12-4-5-12/h8,11-12,21H,3-7,9-10H2,1-2H3. The van der Waals surface area contributed by atoms with Crippen LogP contribution in [-0.2, 0) is 0 Å². The van der Waals surface area contributed by atoms with Gasteiger partial charge in [-0.15, -0.1) is 0 Å². The molecule has 3 rings (SSSR count). The average Bonchev–Trinajstić information content (AvgIpc) is 3.20. The third kappa shape index (κ3) is 3.02. The Balaban J connectivity index is 1.93. The van der Waals surface area contributed by atoms with Gasteiger partial charge in [-0.3, -0.25) is 0 Å². The van der Waals surface area contributed by atoms with Crippen molar-refractivity contribution < 1.29 is 5.11 Å². The van der Waals surface area contributed by atoms with Gasteiger partial charge >= 0.3 is 0 Å². The second kappa shape index (κ2) is 5.73. The van der Waals surface area contributed by atoms with Crippen LogP contribution in [0.5, 0.6) is 0 Å². The zero-order valence-corrected chi connectivity index (χ0v) is 13.6. The van der Waals surface area contributed by atoms with Gasteiger partial charge in [0.1, 0.15) is 16.8 Å². The summed E-state index contributed by atoms with van der Waals surface area (Å²) in [6.45, 7) is 5.52. The average molecular weight is 310 g/mol. The summed E-state index contributed by atoms with van der Waals surface area (Å²) in [6, 6.07) is 1.85. The van der Waals surface area contributed by atoms with Crippen LogP contribution in [0.2, 0.25) is 5.15 Å². The predicted molar refractivity (Wildman–Crippen MR) is 84.9 cm³/mol. The maximum atomic E-state index is 10.0. The molecule has 1 aromatic rings. The summed E-state index contributed by atoms with van der Waals surface area (Å²) in [5.41, 5.74) is -0.188. The SMILES string of the molecule is CC(C)CC1(CO)CCCN1c1cc(Cl)nc(C2CC2)n1. The van der Waals surface area contributed by atoms with Crippen LogP contribution < -0.4 is 4.90 Å². The highest BCUT2D eigenvalue weighted by atomic mass is 35.5. The molecule has 2 aliphatic rings. The Kier molecular flexibility index (Phi) is 4.10. The number of nitrogens with zero attached hydrogens (tertiary/aromatic N) is 3. The molecule has 4 nitrogen and oxygen atoms in total. The number of hydrogen-bond donors (Lipinski definition) is 1. The van der Waals surface area contributed by atoms with Gasteiger partial charge in [-0.2, -0.15) is 0 Å². The number of hydrogen-bond acceptors (Lipinski definition) is 4. The molecule has 2 fully saturated rings. The topological polar surface area (TPSA) is 49.2 Å². The number of aromatic nitrogens is 2. The highest BCUT2D eigenvalue weighted by Crippen LogP contribution is 2.42. The first kappa shape index (κ1) is 15.0. The van der Waals surface area contributed by atoms with Gasteiger partial charge in [0.25, 0.3) is 0 Å². The lowest BCUT2D eigenvalue weighted by atomic mass is 9.87. The number of aliphatic hydroxyl groups is 1. The first-order chi connectivity index (χ1) is 10.0. The molecule has 0 spiro atoms. The highest BCUT2D eigenvalue weighted by Gasteiger charge is 2.42. The van der Waals surface area contributed by atoms with Gasteiger partial charge in [0.15, 0.2) is 0 Å². The Bertz CT molecular complexity index is 518. The fourth-order valence-corrected chi connectivity index (χ4v) is 3.77. The van der Waals surface area contributed by atoms with E-state index < -0.39 is 0 Å². The highest BCUT2D eigenvalue weighted by molar-refractivity contribution is 6.29. The van der Waals surface area contributed by atoms with Crippen LogP contribution in [-0.4, -0.2) is 33.8 Å². The normalized spacial score (nSPS) is 25.9. The van der Waals surface area contributed by atoms with Crippen molar-refractivity contribution >= 4 is 17.4 Å². The van der Waals surface area contributed by atoms with E-state index in [9.17, 15) is 5.11 Å². The van der Waals surface area contributed by atoms with E-state index in [-0.39, 0.29) is 12.1 Å². The minimum Gasteiger partial charge on any atom is -0.394 e. The van der Waals surface area contributed by atoms with Gasteiger partial charge in [0.05, 0.1) is 12.1 Å². The maximum Gasteiger partial charge on any atom is 0.135 e. The number of anilines is 1. The Labute approximate surface area is 131 Å². The van der Waals surface area contributed by atoms with Gasteiger partial charge in [0.2, 0.25) is 0 Å². The molecular formula is C16H24ClN3O. The third-order valence-electron chi connectivity index (χ3n) is 4.60. The van der Waals surface area contributed by atoms with E-state index in [1.165, 1.54) is 0 Å². The van der Waals surface area contributed by atoms with Crippen LogP contribution in [0.15, 0.2) is 6.07 Å². The quantitative estimate of drug-likeness (QED) is 0.847. The Morgan fingerprint density at radius 3 is 2.81 bits per heavy atom. The minimum absolute atomic E-state index is 0.172. The van der Waals surface area contributed by atoms with E-state index in [0.29, 0.717) is 17.0 Å². The van der Waals surface area contributed by atoms with Crippen LogP contribution in [0.25, 0.3) is 0 Å². The predicted octanol–water partition coefficient (Wildman–Crippen LogP) is 3.38. The summed E-state index contributed by atoms with van der Waals surface area (Å²) in [4.78, 5) is 11.4. The Morgan fingerprint density at radius 2 is 2.19 bits per heavy atom. The molecule has 2 heterocycles. The summed E-state index contributed by atoms with van der Waals surface area (Å²) < 4.78 is 0. The molecule has 1 atom stereocenters. The van der Waals surface area contributed by atoms with Gasteiger partial charge in [0, 0.05) is 18.5 Å². The Hall–Kier alpha value is -0.870. The lowest BCUT2D eigenvalue weighted by Crippen LogP contribution is -2.48. The molecule has 0 radical (unpaired) electrons. The first-order valence-corrected chi connectivity index (χ1v) is 8.35. The minimum atomic E-state index is -0.188. The molecule has 1 saturated carbocycles. The molecule has 5 heteroatoms. The molecule has 0 bridgehead atoms. The van der Waals surface area contributed by atoms with Crippen LogP contribution in [0.1, 0.15) is 57.7 Å². The van der Waals surface area contributed by atoms with Gasteiger partial charge in [-0.05, 0) is 38.0 Å². The molecule has 1 aliphatic carbocycles. The summed E-state index contributed by atoms with van der Waals surface area (Å²) >= 11 is 6.20. The van der Waals surface area contributed by atoms with E-state index in [1.807, 2.05) is 6.07 Å². The van der Waals surface area contributed by atoms with Crippen molar-refractivity contribution in [1.29, 1.82) is 0 Å². The van der Waals surface area contributed by atoms with Crippen molar-refractivity contribution in [3.63, 3.8) is 0 Å². The van der Waals surface area contributed by atoms with E-state index in [2.05, 4.69) is 23.7 Å². The maximum absolute atomic E-state index is 10.0. The number of aliphatic hydroxyl groups excluding tert-OH is 1. The van der Waals surface area contributed by atoms with E-state index in [1.54, 1.807) is 0 Å². The molecule has 116 valence electrons. The Morgan fingerprint density at radius 1 is 1.43 bits per heavy atom. The molecule has 1 N–H and O–H groups in total. The largest absolute Gasteiger partial charge is 0.394 e. The number of rotatable bonds is 5. The van der Waals surface area contributed by atoms with Crippen molar-refractivity contribution in [2.24, 2.45) is 5.92 Å². The molecular weight excluding hydrogens is 286 g/mol. The number of halogens is 1. The first-order valence-electron chi connectivity index (χ1n) is 7.97. The van der Waals surface area contributed by atoms with E-state index in [0.717, 1.165) is 50.3 Å². The van der Waals surface area contributed by atoms with E-state index in [4.69, 9.17) is 16.6 Å². The molecule has 1 aromatic heterocycles. The molecule has 0 amide bonds. The fraction of sp³-hybridized carbons (Fsp3) is 0.750. The second-order valence-electron chi connectivity index (χ2n) is 6.92. The lowest BCUT2D eigenvalue weighted by molar-refractivity contribution is 0.174. The summed E-state index contributed by atoms with van der Waals surface area (Å²) in [5, 5.41) is 10.6. The van der Waals surface area contributed by atoms with Crippen LogP contribution in [0.3, 0.4) is 0 Å². The summed E-state index contributed by atoms with van der Waals surface area (Å²) in [5.74, 6) is 2.79. The van der Waals surface area contributed by atoms with E-state index >= 15 is 0 Å². The zero-order valence-electron chi connectivity index (χ0n) is 12.8. The smallest absolute Gasteiger partial charge is 0.135 e. The molecule has 0 aromatic carbocycles. The zero-order chi connectivity index (χ0) is 15.0. The molecule has 1 unspecified atom stereocenters. The van der Waals surface area contributed by atoms with Crippen molar-refractivity contribution in [2.75, 3.05) is 18.1 Å². The summed E-state index contributed by atoms with van der Waals surface area (Å²) in [6.07, 6.45) is 5.41. The van der Waals surface area contributed by atoms with Gasteiger partial charge < -0.3 is 10.0 Å². The van der Waals surface area contributed by atoms with Crippen molar-refractivity contribution in [3.8, 4) is 0 Å². The van der Waals surface area contributed by atoms with Crippen molar-refractivity contribution in [2.45, 2.75) is 57.4 Å². The second-order valence-corrected chi connectivity index (χ2v) is 7.30. The van der Waals surface area contributed by atoms with Crippen LogP contribution in [0, 0.1) is 5.92 Å². The fourth-order valence-electron chi connectivity index (χ4n) is 3.58. The van der Waals surface area contributed by atoms with Crippen molar-refractivity contribution in [3.05, 3.63) is 17.0 Å². The van der Waals surface area contributed by atoms with Gasteiger partial charge in [-0.25, -0.2) is 9.97 Å². The van der Waals surface area contributed by atoms with Crippen LogP contribution in [0.4, 0.5) is 5.82 Å². The monoisotopic (exact) mass is 309 g/mol. The van der Waals surface area contributed by atoms with Gasteiger partial charge in [-0.1, -0.05) is 25.4 Å². The van der Waals surface area contributed by atoms with Crippen LogP contribution >= 0.6 is 11.6 Å². The molecule has 1 saturated heterocycles.